The van der Waals surface area contributed by atoms with Gasteiger partial charge in [-0.2, -0.15) is 0 Å². The summed E-state index contributed by atoms with van der Waals surface area (Å²) >= 11 is 1.71. The summed E-state index contributed by atoms with van der Waals surface area (Å²) in [5.41, 5.74) is 3.41. The lowest BCUT2D eigenvalue weighted by atomic mass is 10.0. The highest BCUT2D eigenvalue weighted by Gasteiger charge is 2.09. The van der Waals surface area contributed by atoms with E-state index in [1.807, 2.05) is 6.07 Å². The van der Waals surface area contributed by atoms with Crippen molar-refractivity contribution >= 4 is 11.3 Å². The number of hydrogen-bond donors (Lipinski definition) is 1. The summed E-state index contributed by atoms with van der Waals surface area (Å²) in [6.07, 6.45) is 0. The number of hydrogen-bond acceptors (Lipinski definition) is 2. The fourth-order valence-corrected chi connectivity index (χ4v) is 2.83. The van der Waals surface area contributed by atoms with Crippen molar-refractivity contribution in [3.8, 4) is 10.4 Å². The maximum atomic E-state index is 13.3. The van der Waals surface area contributed by atoms with Crippen LogP contribution in [0.15, 0.2) is 29.6 Å². The van der Waals surface area contributed by atoms with Gasteiger partial charge in [-0.05, 0) is 53.7 Å². The second-order valence-corrected chi connectivity index (χ2v) is 4.93. The molecule has 0 unspecified atom stereocenters. The van der Waals surface area contributed by atoms with Crippen LogP contribution in [0, 0.1) is 12.7 Å². The van der Waals surface area contributed by atoms with E-state index in [-0.39, 0.29) is 5.82 Å². The first kappa shape index (κ1) is 12.3. The highest BCUT2D eigenvalue weighted by atomic mass is 32.1. The number of halogens is 1. The van der Waals surface area contributed by atoms with Crippen LogP contribution in [0.2, 0.25) is 0 Å². The van der Waals surface area contributed by atoms with Gasteiger partial charge in [-0.1, -0.05) is 13.0 Å². The number of rotatable bonds is 4. The molecule has 0 aliphatic heterocycles. The predicted molar refractivity (Wildman–Crippen MR) is 71.8 cm³/mol. The molecule has 1 aromatic heterocycles. The highest BCUT2D eigenvalue weighted by Crippen LogP contribution is 2.32. The normalized spacial score (nSPS) is 10.8. The summed E-state index contributed by atoms with van der Waals surface area (Å²) < 4.78 is 13.3. The Bertz CT molecular complexity index is 505. The predicted octanol–water partition coefficient (Wildman–Crippen LogP) is 3.97. The maximum absolute atomic E-state index is 13.3. The molecule has 0 saturated carbocycles. The van der Waals surface area contributed by atoms with Gasteiger partial charge in [0.2, 0.25) is 0 Å². The van der Waals surface area contributed by atoms with Crippen molar-refractivity contribution in [1.82, 2.24) is 5.32 Å². The lowest BCUT2D eigenvalue weighted by Crippen LogP contribution is -2.12. The van der Waals surface area contributed by atoms with E-state index in [2.05, 4.69) is 30.6 Å². The smallest absolute Gasteiger partial charge is 0.123 e. The van der Waals surface area contributed by atoms with Crippen LogP contribution >= 0.6 is 11.3 Å². The van der Waals surface area contributed by atoms with Crippen molar-refractivity contribution in [3.63, 3.8) is 0 Å². The molecule has 2 rings (SSSR count). The molecule has 0 radical (unpaired) electrons. The highest BCUT2D eigenvalue weighted by molar-refractivity contribution is 7.13. The van der Waals surface area contributed by atoms with E-state index in [9.17, 15) is 4.39 Å². The van der Waals surface area contributed by atoms with E-state index in [1.54, 1.807) is 17.4 Å². The molecule has 0 fully saturated rings. The zero-order chi connectivity index (χ0) is 12.3. The topological polar surface area (TPSA) is 12.0 Å². The summed E-state index contributed by atoms with van der Waals surface area (Å²) in [5, 5.41) is 5.33. The minimum Gasteiger partial charge on any atom is -0.313 e. The van der Waals surface area contributed by atoms with Crippen molar-refractivity contribution in [1.29, 1.82) is 0 Å². The first-order valence-electron chi connectivity index (χ1n) is 5.76. The molecule has 1 heterocycles. The molecule has 0 aliphatic rings. The SMILES string of the molecule is CCNCc1cc(F)ccc1-c1sccc1C. The van der Waals surface area contributed by atoms with E-state index < -0.39 is 0 Å². The van der Waals surface area contributed by atoms with Crippen LogP contribution in [-0.2, 0) is 6.54 Å². The summed E-state index contributed by atoms with van der Waals surface area (Å²) in [6, 6.07) is 7.13. The molecular weight excluding hydrogens is 233 g/mol. The van der Waals surface area contributed by atoms with Gasteiger partial charge in [0.25, 0.3) is 0 Å². The molecule has 0 bridgehead atoms. The summed E-state index contributed by atoms with van der Waals surface area (Å²) in [7, 11) is 0. The van der Waals surface area contributed by atoms with Crippen molar-refractivity contribution < 1.29 is 4.39 Å². The van der Waals surface area contributed by atoms with Crippen LogP contribution in [0.5, 0.6) is 0 Å². The molecule has 90 valence electrons. The van der Waals surface area contributed by atoms with E-state index in [0.717, 1.165) is 17.7 Å². The number of thiophene rings is 1. The van der Waals surface area contributed by atoms with Crippen molar-refractivity contribution in [2.24, 2.45) is 0 Å². The van der Waals surface area contributed by atoms with Crippen LogP contribution in [0.4, 0.5) is 4.39 Å². The number of benzene rings is 1. The Balaban J connectivity index is 2.42. The van der Waals surface area contributed by atoms with Crippen LogP contribution in [-0.4, -0.2) is 6.54 Å². The Morgan fingerprint density at radius 1 is 1.29 bits per heavy atom. The Labute approximate surface area is 105 Å². The third kappa shape index (κ3) is 2.73. The fraction of sp³-hybridized carbons (Fsp3) is 0.286. The molecule has 1 nitrogen and oxygen atoms in total. The second kappa shape index (κ2) is 5.43. The molecule has 0 aliphatic carbocycles. The van der Waals surface area contributed by atoms with Gasteiger partial charge in [-0.25, -0.2) is 4.39 Å². The van der Waals surface area contributed by atoms with Crippen molar-refractivity contribution in [2.45, 2.75) is 20.4 Å². The molecule has 0 atom stereocenters. The van der Waals surface area contributed by atoms with Gasteiger partial charge in [-0.3, -0.25) is 0 Å². The third-order valence-corrected chi connectivity index (χ3v) is 3.79. The summed E-state index contributed by atoms with van der Waals surface area (Å²) in [6.45, 7) is 5.74. The molecule has 2 aromatic rings. The number of aryl methyl sites for hydroxylation is 1. The molecule has 0 amide bonds. The molecule has 1 N–H and O–H groups in total. The Hall–Kier alpha value is -1.19. The minimum atomic E-state index is -0.170. The van der Waals surface area contributed by atoms with Crippen molar-refractivity contribution in [2.75, 3.05) is 6.54 Å². The lowest BCUT2D eigenvalue weighted by Gasteiger charge is -2.10. The first-order valence-corrected chi connectivity index (χ1v) is 6.64. The Kier molecular flexibility index (Phi) is 3.92. The van der Waals surface area contributed by atoms with Gasteiger partial charge in [0, 0.05) is 11.4 Å². The average molecular weight is 249 g/mol. The summed E-state index contributed by atoms with van der Waals surface area (Å²) in [5.74, 6) is -0.170. The molecular formula is C14H16FNS. The standard InChI is InChI=1S/C14H16FNS/c1-3-16-9-11-8-12(15)4-5-13(11)14-10(2)6-7-17-14/h4-8,16H,3,9H2,1-2H3. The molecule has 3 heteroatoms. The number of nitrogens with one attached hydrogen (secondary N) is 1. The van der Waals surface area contributed by atoms with E-state index in [1.165, 1.54) is 16.5 Å². The minimum absolute atomic E-state index is 0.170. The molecule has 1 aromatic carbocycles. The largest absolute Gasteiger partial charge is 0.313 e. The lowest BCUT2D eigenvalue weighted by molar-refractivity contribution is 0.622. The van der Waals surface area contributed by atoms with E-state index in [0.29, 0.717) is 6.54 Å². The first-order chi connectivity index (χ1) is 8.22. The van der Waals surface area contributed by atoms with Crippen LogP contribution in [0.3, 0.4) is 0 Å². The third-order valence-electron chi connectivity index (χ3n) is 2.74. The van der Waals surface area contributed by atoms with Crippen LogP contribution < -0.4 is 5.32 Å². The zero-order valence-corrected chi connectivity index (χ0v) is 10.9. The quantitative estimate of drug-likeness (QED) is 0.864. The average Bonchev–Trinajstić information content (AvgIpc) is 2.73. The van der Waals surface area contributed by atoms with Gasteiger partial charge in [-0.15, -0.1) is 11.3 Å². The summed E-state index contributed by atoms with van der Waals surface area (Å²) in [4.78, 5) is 1.23. The molecule has 17 heavy (non-hydrogen) atoms. The van der Waals surface area contributed by atoms with Gasteiger partial charge in [0.1, 0.15) is 5.82 Å². The molecule has 0 spiro atoms. The Morgan fingerprint density at radius 2 is 2.12 bits per heavy atom. The van der Waals surface area contributed by atoms with Crippen LogP contribution in [0.25, 0.3) is 10.4 Å². The van der Waals surface area contributed by atoms with Gasteiger partial charge in [0.05, 0.1) is 0 Å². The van der Waals surface area contributed by atoms with E-state index >= 15 is 0 Å². The van der Waals surface area contributed by atoms with Gasteiger partial charge >= 0.3 is 0 Å². The zero-order valence-electron chi connectivity index (χ0n) is 10.1. The Morgan fingerprint density at radius 3 is 2.76 bits per heavy atom. The fourth-order valence-electron chi connectivity index (χ4n) is 1.84. The second-order valence-electron chi connectivity index (χ2n) is 4.01. The van der Waals surface area contributed by atoms with E-state index in [4.69, 9.17) is 0 Å². The van der Waals surface area contributed by atoms with Crippen LogP contribution in [0.1, 0.15) is 18.1 Å². The van der Waals surface area contributed by atoms with Crippen molar-refractivity contribution in [3.05, 3.63) is 46.6 Å². The monoisotopic (exact) mass is 249 g/mol. The molecule has 0 saturated heterocycles. The van der Waals surface area contributed by atoms with Gasteiger partial charge < -0.3 is 5.32 Å². The van der Waals surface area contributed by atoms with Gasteiger partial charge in [0.15, 0.2) is 0 Å². The maximum Gasteiger partial charge on any atom is 0.123 e.